The van der Waals surface area contributed by atoms with Gasteiger partial charge in [0.15, 0.2) is 0 Å². The zero-order valence-electron chi connectivity index (χ0n) is 20.4. The van der Waals surface area contributed by atoms with E-state index in [1.54, 1.807) is 0 Å². The van der Waals surface area contributed by atoms with Gasteiger partial charge in [-0.25, -0.2) is 0 Å². The van der Waals surface area contributed by atoms with Gasteiger partial charge in [-0.15, -0.1) is 0 Å². The minimum atomic E-state index is -0.250. The molecule has 1 saturated carbocycles. The van der Waals surface area contributed by atoms with Crippen molar-refractivity contribution in [2.45, 2.75) is 37.8 Å². The molecular weight excluding hydrogens is 454 g/mol. The molecule has 1 aliphatic carbocycles. The van der Waals surface area contributed by atoms with Crippen LogP contribution in [0, 0.1) is 11.8 Å². The number of carboxylic acid groups (broad SMARTS) is 2. The smallest absolute Gasteiger partial charge is 0.290 e. The van der Waals surface area contributed by atoms with Crippen LogP contribution in [0.1, 0.15) is 25.7 Å². The highest BCUT2D eigenvalue weighted by molar-refractivity contribution is 5.55. The first-order valence-electron chi connectivity index (χ1n) is 12.3. The third-order valence-corrected chi connectivity index (χ3v) is 7.59. The van der Waals surface area contributed by atoms with E-state index < -0.39 is 0 Å². The molecule has 3 aliphatic heterocycles. The second kappa shape index (κ2) is 12.8. The molecule has 0 bridgehead atoms. The minimum Gasteiger partial charge on any atom is -0.483 e. The van der Waals surface area contributed by atoms with Crippen LogP contribution in [0.2, 0.25) is 0 Å². The van der Waals surface area contributed by atoms with Gasteiger partial charge in [0.2, 0.25) is 5.95 Å². The Bertz CT molecular complexity index is 811. The lowest BCUT2D eigenvalue weighted by Gasteiger charge is -2.40. The number of anilines is 3. The molecule has 4 atom stereocenters. The summed E-state index contributed by atoms with van der Waals surface area (Å²) in [7, 11) is 2.16. The van der Waals surface area contributed by atoms with Crippen LogP contribution in [0.3, 0.4) is 0 Å². The molecule has 196 valence electrons. The summed E-state index contributed by atoms with van der Waals surface area (Å²) in [5.74, 6) is 3.44. The number of aromatic nitrogens is 2. The van der Waals surface area contributed by atoms with Crippen LogP contribution in [-0.4, -0.2) is 120 Å². The molecule has 5 N–H and O–H groups in total. The van der Waals surface area contributed by atoms with E-state index in [9.17, 15) is 5.11 Å². The standard InChI is InChI=1S/C21H35N7O.2CH2O2/c1-25-6-8-27(9-7-25)19-12-20(24-21(22)23-19)28-13-15-10-17(26-4-2-3-5-26)18(29)11-16(15)14-28;2*2-1-3/h12,15-18,29H,2-11,13-14H2,1H3,(H2,22,23,24);2*1H,(H,2,3)/t15-,16+,17-,18-;;/m1../s1. The summed E-state index contributed by atoms with van der Waals surface area (Å²) in [5, 5.41) is 24.6. The fourth-order valence-corrected chi connectivity index (χ4v) is 5.86. The third-order valence-electron chi connectivity index (χ3n) is 7.59. The topological polar surface area (TPSA) is 160 Å². The van der Waals surface area contributed by atoms with Gasteiger partial charge < -0.3 is 35.8 Å². The predicted octanol–water partition coefficient (Wildman–Crippen LogP) is -0.116. The maximum Gasteiger partial charge on any atom is 0.290 e. The minimum absolute atomic E-state index is 0.189. The zero-order valence-corrected chi connectivity index (χ0v) is 20.4. The van der Waals surface area contributed by atoms with Gasteiger partial charge in [-0.2, -0.15) is 9.97 Å². The van der Waals surface area contributed by atoms with E-state index in [1.165, 1.54) is 12.8 Å². The summed E-state index contributed by atoms with van der Waals surface area (Å²) >= 11 is 0. The van der Waals surface area contributed by atoms with Gasteiger partial charge >= 0.3 is 0 Å². The second-order valence-corrected chi connectivity index (χ2v) is 9.72. The van der Waals surface area contributed by atoms with Crippen LogP contribution < -0.4 is 15.5 Å². The molecule has 1 aromatic rings. The maximum absolute atomic E-state index is 10.8. The molecule has 0 unspecified atom stereocenters. The molecule has 0 amide bonds. The van der Waals surface area contributed by atoms with Gasteiger partial charge in [-0.1, -0.05) is 0 Å². The van der Waals surface area contributed by atoms with Crippen LogP contribution in [0.5, 0.6) is 0 Å². The van der Waals surface area contributed by atoms with Crippen molar-refractivity contribution in [1.82, 2.24) is 19.8 Å². The Morgan fingerprint density at radius 3 is 1.97 bits per heavy atom. The van der Waals surface area contributed by atoms with Gasteiger partial charge in [-0.3, -0.25) is 14.5 Å². The van der Waals surface area contributed by atoms with Gasteiger partial charge in [-0.05, 0) is 57.7 Å². The number of hydrogen-bond acceptors (Lipinski definition) is 10. The lowest BCUT2D eigenvalue weighted by Crippen LogP contribution is -2.48. The number of hydrogen-bond donors (Lipinski definition) is 4. The SMILES string of the molecule is CN1CCN(c2cc(N3C[C@H]4C[C@@H](N5CCCC5)[C@H](O)C[C@H]4C3)nc(N)n2)CC1.O=CO.O=CO. The molecule has 0 spiro atoms. The summed E-state index contributed by atoms with van der Waals surface area (Å²) in [6.45, 7) is 7.82. The second-order valence-electron chi connectivity index (χ2n) is 9.72. The first-order chi connectivity index (χ1) is 16.9. The van der Waals surface area contributed by atoms with Gasteiger partial charge in [0.25, 0.3) is 12.9 Å². The van der Waals surface area contributed by atoms with Crippen LogP contribution in [0.15, 0.2) is 6.07 Å². The fourth-order valence-electron chi connectivity index (χ4n) is 5.86. The maximum atomic E-state index is 10.8. The molecular formula is C23H39N7O5. The number of piperazine rings is 1. The normalized spacial score (nSPS) is 28.9. The van der Waals surface area contributed by atoms with Crippen molar-refractivity contribution in [2.24, 2.45) is 11.8 Å². The van der Waals surface area contributed by atoms with E-state index in [1.807, 2.05) is 0 Å². The Balaban J connectivity index is 0.000000520. The molecule has 0 aromatic carbocycles. The van der Waals surface area contributed by atoms with Gasteiger partial charge in [0, 0.05) is 51.4 Å². The Morgan fingerprint density at radius 1 is 0.886 bits per heavy atom. The van der Waals surface area contributed by atoms with E-state index in [0.717, 1.165) is 76.8 Å². The Morgan fingerprint density at radius 2 is 1.40 bits per heavy atom. The third kappa shape index (κ3) is 6.92. The van der Waals surface area contributed by atoms with Gasteiger partial charge in [0.05, 0.1) is 6.10 Å². The fraction of sp³-hybridized carbons (Fsp3) is 0.739. The average molecular weight is 494 g/mol. The zero-order chi connectivity index (χ0) is 25.4. The highest BCUT2D eigenvalue weighted by Gasteiger charge is 2.44. The van der Waals surface area contributed by atoms with Crippen molar-refractivity contribution in [2.75, 3.05) is 74.9 Å². The van der Waals surface area contributed by atoms with Crippen LogP contribution >= 0.6 is 0 Å². The van der Waals surface area contributed by atoms with E-state index >= 15 is 0 Å². The summed E-state index contributed by atoms with van der Waals surface area (Å²) in [5.41, 5.74) is 6.10. The number of fused-ring (bicyclic) bond motifs is 1. The van der Waals surface area contributed by atoms with E-state index in [0.29, 0.717) is 23.8 Å². The van der Waals surface area contributed by atoms with Crippen molar-refractivity contribution < 1.29 is 24.9 Å². The lowest BCUT2D eigenvalue weighted by molar-refractivity contribution is -0.123. The molecule has 3 saturated heterocycles. The highest BCUT2D eigenvalue weighted by Crippen LogP contribution is 2.40. The average Bonchev–Trinajstić information content (AvgIpc) is 3.49. The molecule has 4 heterocycles. The Hall–Kier alpha value is -2.70. The molecule has 4 fully saturated rings. The Labute approximate surface area is 206 Å². The quantitative estimate of drug-likeness (QED) is 0.414. The first kappa shape index (κ1) is 26.9. The van der Waals surface area contributed by atoms with Crippen LogP contribution in [-0.2, 0) is 9.59 Å². The largest absolute Gasteiger partial charge is 0.483 e. The molecule has 35 heavy (non-hydrogen) atoms. The molecule has 0 radical (unpaired) electrons. The van der Waals surface area contributed by atoms with Crippen molar-refractivity contribution >= 4 is 30.5 Å². The predicted molar refractivity (Wildman–Crippen MR) is 133 cm³/mol. The van der Waals surface area contributed by atoms with Crippen molar-refractivity contribution in [3.63, 3.8) is 0 Å². The first-order valence-corrected chi connectivity index (χ1v) is 12.3. The highest BCUT2D eigenvalue weighted by atomic mass is 16.3. The summed E-state index contributed by atoms with van der Waals surface area (Å²) in [6.07, 6.45) is 4.38. The molecule has 5 rings (SSSR count). The van der Waals surface area contributed by atoms with E-state index in [4.69, 9.17) is 25.5 Å². The number of nitrogens with two attached hydrogens (primary N) is 1. The molecule has 12 nitrogen and oxygen atoms in total. The number of likely N-dealkylation sites (tertiary alicyclic amines) is 1. The van der Waals surface area contributed by atoms with E-state index in [2.05, 4.69) is 42.7 Å². The van der Waals surface area contributed by atoms with Crippen LogP contribution in [0.25, 0.3) is 0 Å². The molecule has 4 aliphatic rings. The Kier molecular flexibility index (Phi) is 9.87. The summed E-state index contributed by atoms with van der Waals surface area (Å²) in [6, 6.07) is 2.46. The number of aliphatic hydroxyl groups excluding tert-OH is 1. The van der Waals surface area contributed by atoms with Crippen molar-refractivity contribution in [3.8, 4) is 0 Å². The number of rotatable bonds is 3. The number of aliphatic hydroxyl groups is 1. The molecule has 12 heteroatoms. The molecule has 1 aromatic heterocycles. The number of nitrogens with zero attached hydrogens (tertiary/aromatic N) is 6. The summed E-state index contributed by atoms with van der Waals surface area (Å²) < 4.78 is 0. The van der Waals surface area contributed by atoms with Gasteiger partial charge in [0.1, 0.15) is 11.6 Å². The number of nitrogen functional groups attached to an aromatic ring is 1. The van der Waals surface area contributed by atoms with Crippen LogP contribution in [0.4, 0.5) is 17.6 Å². The summed E-state index contributed by atoms with van der Waals surface area (Å²) in [4.78, 5) is 35.4. The van der Waals surface area contributed by atoms with Crippen molar-refractivity contribution in [3.05, 3.63) is 6.07 Å². The number of likely N-dealkylation sites (N-methyl/N-ethyl adjacent to an activating group) is 1. The lowest BCUT2D eigenvalue weighted by atomic mass is 9.77. The van der Waals surface area contributed by atoms with Crippen molar-refractivity contribution in [1.29, 1.82) is 0 Å². The van der Waals surface area contributed by atoms with E-state index in [-0.39, 0.29) is 19.0 Å². The number of carbonyl (C=O) groups is 2. The monoisotopic (exact) mass is 493 g/mol.